The summed E-state index contributed by atoms with van der Waals surface area (Å²) in [6.45, 7) is 0. The van der Waals surface area contributed by atoms with Crippen LogP contribution in [0.25, 0.3) is 0 Å². The average molecular weight is 213 g/mol. The molecular weight excluding hydrogens is 202 g/mol. The normalized spacial score (nSPS) is 10.0. The van der Waals surface area contributed by atoms with Crippen molar-refractivity contribution in [2.45, 2.75) is 6.42 Å². The van der Waals surface area contributed by atoms with Crippen LogP contribution in [0.3, 0.4) is 0 Å². The van der Waals surface area contributed by atoms with Gasteiger partial charge in [0.1, 0.15) is 11.4 Å². The highest BCUT2D eigenvalue weighted by Crippen LogP contribution is 2.11. The number of nitrogens with zero attached hydrogens (tertiary/aromatic N) is 1. The van der Waals surface area contributed by atoms with Crippen LogP contribution >= 0.6 is 0 Å². The van der Waals surface area contributed by atoms with Gasteiger partial charge in [0.15, 0.2) is 5.78 Å². The van der Waals surface area contributed by atoms with Crippen LogP contribution in [0.4, 0.5) is 0 Å². The number of benzene rings is 1. The highest BCUT2D eigenvalue weighted by atomic mass is 16.3. The number of ketones is 1. The molecule has 1 N–H and O–H groups in total. The molecule has 1 heterocycles. The Balaban J connectivity index is 2.11. The smallest absolute Gasteiger partial charge is 0.185 e. The quantitative estimate of drug-likeness (QED) is 0.795. The van der Waals surface area contributed by atoms with E-state index in [1.54, 1.807) is 48.7 Å². The molecule has 3 heteroatoms. The van der Waals surface area contributed by atoms with E-state index in [0.717, 1.165) is 5.56 Å². The van der Waals surface area contributed by atoms with E-state index in [1.807, 2.05) is 0 Å². The number of aromatic hydroxyl groups is 1. The standard InChI is InChI=1S/C13H11NO2/c15-11-6-4-10(5-7-11)9-13(16)12-3-1-2-8-14-12/h1-8,15H,9H2. The SMILES string of the molecule is O=C(Cc1ccc(O)cc1)c1ccccn1. The van der Waals surface area contributed by atoms with Gasteiger partial charge < -0.3 is 5.11 Å². The first kappa shape index (κ1) is 10.4. The average Bonchev–Trinajstić information content (AvgIpc) is 2.33. The van der Waals surface area contributed by atoms with E-state index in [4.69, 9.17) is 5.11 Å². The van der Waals surface area contributed by atoms with Crippen LogP contribution in [-0.2, 0) is 6.42 Å². The van der Waals surface area contributed by atoms with Crippen LogP contribution in [0.15, 0.2) is 48.7 Å². The second-order valence-electron chi connectivity index (χ2n) is 3.48. The van der Waals surface area contributed by atoms with Crippen LogP contribution in [0.1, 0.15) is 16.1 Å². The first-order valence-electron chi connectivity index (χ1n) is 4.98. The lowest BCUT2D eigenvalue weighted by molar-refractivity contribution is 0.0988. The highest BCUT2D eigenvalue weighted by Gasteiger charge is 2.07. The Morgan fingerprint density at radius 1 is 1.12 bits per heavy atom. The van der Waals surface area contributed by atoms with Gasteiger partial charge in [0.25, 0.3) is 0 Å². The number of aromatic nitrogens is 1. The number of pyridine rings is 1. The molecule has 1 aromatic carbocycles. The second kappa shape index (κ2) is 4.57. The van der Waals surface area contributed by atoms with Crippen molar-refractivity contribution in [3.8, 4) is 5.75 Å². The lowest BCUT2D eigenvalue weighted by atomic mass is 10.1. The Labute approximate surface area is 93.4 Å². The topological polar surface area (TPSA) is 50.2 Å². The molecule has 0 aliphatic carbocycles. The molecule has 0 aliphatic rings. The molecular formula is C13H11NO2. The third kappa shape index (κ3) is 2.45. The molecule has 16 heavy (non-hydrogen) atoms. The summed E-state index contributed by atoms with van der Waals surface area (Å²) in [4.78, 5) is 15.8. The van der Waals surface area contributed by atoms with Crippen molar-refractivity contribution < 1.29 is 9.90 Å². The van der Waals surface area contributed by atoms with Gasteiger partial charge >= 0.3 is 0 Å². The molecule has 0 amide bonds. The molecule has 0 radical (unpaired) electrons. The van der Waals surface area contributed by atoms with Gasteiger partial charge in [0, 0.05) is 12.6 Å². The summed E-state index contributed by atoms with van der Waals surface area (Å²) in [5.74, 6) is 0.181. The fraction of sp³-hybridized carbons (Fsp3) is 0.0769. The van der Waals surface area contributed by atoms with Crippen LogP contribution in [0.2, 0.25) is 0 Å². The summed E-state index contributed by atoms with van der Waals surface area (Å²) in [7, 11) is 0. The van der Waals surface area contributed by atoms with Gasteiger partial charge in [0.2, 0.25) is 0 Å². The number of phenols is 1. The Morgan fingerprint density at radius 2 is 1.88 bits per heavy atom. The second-order valence-corrected chi connectivity index (χ2v) is 3.48. The fourth-order valence-electron chi connectivity index (χ4n) is 1.42. The molecule has 80 valence electrons. The maximum atomic E-state index is 11.8. The largest absolute Gasteiger partial charge is 0.508 e. The molecule has 0 aliphatic heterocycles. The maximum absolute atomic E-state index is 11.8. The summed E-state index contributed by atoms with van der Waals surface area (Å²) in [5, 5.41) is 9.11. The summed E-state index contributed by atoms with van der Waals surface area (Å²) in [5.41, 5.74) is 1.34. The molecule has 0 unspecified atom stereocenters. The van der Waals surface area contributed by atoms with E-state index in [1.165, 1.54) is 0 Å². The first-order chi connectivity index (χ1) is 7.75. The molecule has 3 nitrogen and oxygen atoms in total. The van der Waals surface area contributed by atoms with Crippen molar-refractivity contribution >= 4 is 5.78 Å². The first-order valence-corrected chi connectivity index (χ1v) is 4.98. The number of Topliss-reactive ketones (excluding diaryl/α,β-unsaturated/α-hetero) is 1. The van der Waals surface area contributed by atoms with Crippen molar-refractivity contribution in [3.63, 3.8) is 0 Å². The number of carbonyl (C=O) groups is 1. The third-order valence-corrected chi connectivity index (χ3v) is 2.25. The van der Waals surface area contributed by atoms with Crippen molar-refractivity contribution in [1.82, 2.24) is 4.98 Å². The van der Waals surface area contributed by atoms with E-state index in [-0.39, 0.29) is 11.5 Å². The zero-order valence-corrected chi connectivity index (χ0v) is 8.63. The molecule has 0 saturated carbocycles. The van der Waals surface area contributed by atoms with Gasteiger partial charge in [-0.1, -0.05) is 18.2 Å². The lowest BCUT2D eigenvalue weighted by Gasteiger charge is -2.00. The van der Waals surface area contributed by atoms with Crippen LogP contribution in [-0.4, -0.2) is 15.9 Å². The molecule has 0 saturated heterocycles. The van der Waals surface area contributed by atoms with E-state index in [0.29, 0.717) is 12.1 Å². The Kier molecular flexibility index (Phi) is 2.96. The number of hydrogen-bond donors (Lipinski definition) is 1. The van der Waals surface area contributed by atoms with Gasteiger partial charge in [0.05, 0.1) is 0 Å². The predicted octanol–water partition coefficient (Wildman–Crippen LogP) is 2.21. The highest BCUT2D eigenvalue weighted by molar-refractivity contribution is 5.95. The summed E-state index contributed by atoms with van der Waals surface area (Å²) in [6.07, 6.45) is 1.90. The van der Waals surface area contributed by atoms with Crippen molar-refractivity contribution in [3.05, 3.63) is 59.9 Å². The number of rotatable bonds is 3. The molecule has 0 spiro atoms. The van der Waals surface area contributed by atoms with Crippen LogP contribution < -0.4 is 0 Å². The maximum Gasteiger partial charge on any atom is 0.185 e. The lowest BCUT2D eigenvalue weighted by Crippen LogP contribution is -2.05. The minimum Gasteiger partial charge on any atom is -0.508 e. The van der Waals surface area contributed by atoms with E-state index in [9.17, 15) is 4.79 Å². The van der Waals surface area contributed by atoms with E-state index < -0.39 is 0 Å². The van der Waals surface area contributed by atoms with E-state index in [2.05, 4.69) is 4.98 Å². The number of phenolic OH excluding ortho intramolecular Hbond substituents is 1. The number of carbonyl (C=O) groups excluding carboxylic acids is 1. The van der Waals surface area contributed by atoms with Crippen molar-refractivity contribution in [2.75, 3.05) is 0 Å². The molecule has 1 aromatic heterocycles. The van der Waals surface area contributed by atoms with Gasteiger partial charge in [-0.15, -0.1) is 0 Å². The van der Waals surface area contributed by atoms with Gasteiger partial charge in [-0.2, -0.15) is 0 Å². The number of hydrogen-bond acceptors (Lipinski definition) is 3. The Bertz CT molecular complexity index is 477. The zero-order valence-electron chi connectivity index (χ0n) is 8.63. The molecule has 2 aromatic rings. The summed E-state index contributed by atoms with van der Waals surface area (Å²) < 4.78 is 0. The van der Waals surface area contributed by atoms with E-state index >= 15 is 0 Å². The monoisotopic (exact) mass is 213 g/mol. The van der Waals surface area contributed by atoms with Crippen molar-refractivity contribution in [2.24, 2.45) is 0 Å². The predicted molar refractivity (Wildman–Crippen MR) is 60.4 cm³/mol. The van der Waals surface area contributed by atoms with Crippen LogP contribution in [0.5, 0.6) is 5.75 Å². The third-order valence-electron chi connectivity index (χ3n) is 2.25. The fourth-order valence-corrected chi connectivity index (χ4v) is 1.42. The van der Waals surface area contributed by atoms with Crippen molar-refractivity contribution in [1.29, 1.82) is 0 Å². The minimum atomic E-state index is -0.0220. The van der Waals surface area contributed by atoms with Gasteiger partial charge in [-0.25, -0.2) is 0 Å². The molecule has 0 atom stereocenters. The summed E-state index contributed by atoms with van der Waals surface area (Å²) >= 11 is 0. The van der Waals surface area contributed by atoms with Gasteiger partial charge in [-0.05, 0) is 29.8 Å². The summed E-state index contributed by atoms with van der Waals surface area (Å²) in [6, 6.07) is 11.9. The minimum absolute atomic E-state index is 0.0220. The molecule has 0 fully saturated rings. The van der Waals surface area contributed by atoms with Crippen LogP contribution in [0, 0.1) is 0 Å². The molecule has 2 rings (SSSR count). The Hall–Kier alpha value is -2.16. The Morgan fingerprint density at radius 3 is 2.50 bits per heavy atom. The zero-order chi connectivity index (χ0) is 11.4. The van der Waals surface area contributed by atoms with Gasteiger partial charge in [-0.3, -0.25) is 9.78 Å². The molecule has 0 bridgehead atoms.